The van der Waals surface area contributed by atoms with Crippen molar-refractivity contribution in [2.24, 2.45) is 0 Å². The second-order valence-corrected chi connectivity index (χ2v) is 14.8. The minimum atomic E-state index is 0.907. The average Bonchev–Trinajstić information content (AvgIpc) is 3.81. The summed E-state index contributed by atoms with van der Waals surface area (Å²) in [7, 11) is 0. The van der Waals surface area contributed by atoms with Crippen molar-refractivity contribution in [2.75, 3.05) is 0 Å². The molecule has 0 aliphatic rings. The summed E-state index contributed by atoms with van der Waals surface area (Å²) in [4.78, 5) is 0. The van der Waals surface area contributed by atoms with Crippen molar-refractivity contribution in [2.45, 2.75) is 0 Å². The lowest BCUT2D eigenvalue weighted by Crippen LogP contribution is -1.93. The molecule has 0 unspecified atom stereocenters. The minimum Gasteiger partial charge on any atom is -0.455 e. The molecule has 0 saturated heterocycles. The van der Waals surface area contributed by atoms with Crippen LogP contribution in [0.4, 0.5) is 0 Å². The molecule has 2 nitrogen and oxygen atoms in total. The van der Waals surface area contributed by atoms with Gasteiger partial charge in [0.2, 0.25) is 0 Å². The molecular weight excluding hydrogens is 679 g/mol. The molecular formula is C54H33NO. The number of hydrogen-bond acceptors (Lipinski definition) is 1. The average molecular weight is 712 g/mol. The van der Waals surface area contributed by atoms with Gasteiger partial charge >= 0.3 is 0 Å². The SMILES string of the molecule is c1ccc(-n2c3ccccc3c3cc(-c4cccc(-c5c6ccccc6c(-c6ccc7oc8c9ccccc9ccc8c7c6)c6ccccc56)c4)ccc32)cc1. The number of nitrogens with zero attached hydrogens (tertiary/aromatic N) is 1. The zero-order valence-electron chi connectivity index (χ0n) is 30.4. The zero-order chi connectivity index (χ0) is 36.7. The summed E-state index contributed by atoms with van der Waals surface area (Å²) in [6.07, 6.45) is 0. The summed E-state index contributed by atoms with van der Waals surface area (Å²) in [5, 5.41) is 12.1. The Morgan fingerprint density at radius 3 is 1.61 bits per heavy atom. The van der Waals surface area contributed by atoms with E-state index in [4.69, 9.17) is 4.42 Å². The quantitative estimate of drug-likeness (QED) is 0.166. The molecule has 2 heterocycles. The second-order valence-electron chi connectivity index (χ2n) is 14.8. The fraction of sp³-hybridized carbons (Fsp3) is 0. The monoisotopic (exact) mass is 711 g/mol. The number of hydrogen-bond donors (Lipinski definition) is 0. The van der Waals surface area contributed by atoms with Gasteiger partial charge in [0.1, 0.15) is 11.2 Å². The number of rotatable bonds is 4. The van der Waals surface area contributed by atoms with Crippen molar-refractivity contribution in [3.63, 3.8) is 0 Å². The molecule has 0 atom stereocenters. The van der Waals surface area contributed by atoms with Gasteiger partial charge in [-0.25, -0.2) is 0 Å². The molecule has 2 aromatic heterocycles. The van der Waals surface area contributed by atoms with Gasteiger partial charge < -0.3 is 8.98 Å². The van der Waals surface area contributed by atoms with E-state index < -0.39 is 0 Å². The topological polar surface area (TPSA) is 18.1 Å². The highest BCUT2D eigenvalue weighted by Crippen LogP contribution is 2.46. The largest absolute Gasteiger partial charge is 0.455 e. The Morgan fingerprint density at radius 1 is 0.304 bits per heavy atom. The minimum absolute atomic E-state index is 0.907. The Bertz CT molecular complexity index is 3470. The lowest BCUT2D eigenvalue weighted by molar-refractivity contribution is 0.672. The number of furan rings is 1. The van der Waals surface area contributed by atoms with Gasteiger partial charge in [-0.15, -0.1) is 0 Å². The van der Waals surface area contributed by atoms with Crippen molar-refractivity contribution >= 4 is 76.1 Å². The van der Waals surface area contributed by atoms with Crippen LogP contribution in [-0.2, 0) is 0 Å². The molecule has 0 fully saturated rings. The van der Waals surface area contributed by atoms with E-state index in [0.29, 0.717) is 0 Å². The van der Waals surface area contributed by atoms with Crippen molar-refractivity contribution < 1.29 is 4.42 Å². The third-order valence-electron chi connectivity index (χ3n) is 11.8. The molecule has 0 N–H and O–H groups in total. The van der Waals surface area contributed by atoms with Gasteiger partial charge in [0.25, 0.3) is 0 Å². The smallest absolute Gasteiger partial charge is 0.143 e. The normalized spacial score (nSPS) is 11.9. The van der Waals surface area contributed by atoms with Crippen LogP contribution in [0.2, 0.25) is 0 Å². The van der Waals surface area contributed by atoms with Crippen LogP contribution in [0.25, 0.3) is 115 Å². The van der Waals surface area contributed by atoms with Crippen LogP contribution >= 0.6 is 0 Å². The van der Waals surface area contributed by atoms with Gasteiger partial charge in [-0.1, -0.05) is 146 Å². The summed E-state index contributed by atoms with van der Waals surface area (Å²) >= 11 is 0. The first-order valence-corrected chi connectivity index (χ1v) is 19.3. The molecule has 12 aromatic rings. The summed E-state index contributed by atoms with van der Waals surface area (Å²) < 4.78 is 8.90. The van der Waals surface area contributed by atoms with E-state index in [-0.39, 0.29) is 0 Å². The van der Waals surface area contributed by atoms with Crippen LogP contribution in [0, 0.1) is 0 Å². The first-order valence-electron chi connectivity index (χ1n) is 19.3. The number of para-hydroxylation sites is 2. The van der Waals surface area contributed by atoms with E-state index in [2.05, 4.69) is 205 Å². The van der Waals surface area contributed by atoms with Crippen LogP contribution in [0.5, 0.6) is 0 Å². The van der Waals surface area contributed by atoms with Gasteiger partial charge in [-0.2, -0.15) is 0 Å². The van der Waals surface area contributed by atoms with Crippen LogP contribution in [0.1, 0.15) is 0 Å². The number of fused-ring (bicyclic) bond motifs is 10. The van der Waals surface area contributed by atoms with E-state index in [9.17, 15) is 0 Å². The maximum Gasteiger partial charge on any atom is 0.143 e. The Kier molecular flexibility index (Phi) is 6.66. The first-order chi connectivity index (χ1) is 27.8. The van der Waals surface area contributed by atoms with Gasteiger partial charge in [-0.3, -0.25) is 0 Å². The molecule has 0 amide bonds. The Hall–Kier alpha value is -7.42. The number of benzene rings is 10. The fourth-order valence-electron chi connectivity index (χ4n) is 9.27. The van der Waals surface area contributed by atoms with Gasteiger partial charge in [0.05, 0.1) is 11.0 Å². The van der Waals surface area contributed by atoms with Gasteiger partial charge in [-0.05, 0) is 115 Å². The Morgan fingerprint density at radius 2 is 0.857 bits per heavy atom. The van der Waals surface area contributed by atoms with Crippen molar-refractivity contribution in [3.8, 4) is 39.1 Å². The summed E-state index contributed by atoms with van der Waals surface area (Å²) in [5.74, 6) is 0. The molecule has 2 heteroatoms. The Labute approximate surface area is 323 Å². The van der Waals surface area contributed by atoms with Crippen molar-refractivity contribution in [1.82, 2.24) is 4.57 Å². The summed E-state index contributed by atoms with van der Waals surface area (Å²) in [6.45, 7) is 0. The zero-order valence-corrected chi connectivity index (χ0v) is 30.4. The maximum absolute atomic E-state index is 6.52. The van der Waals surface area contributed by atoms with E-state index in [1.807, 2.05) is 0 Å². The molecule has 0 spiro atoms. The predicted molar refractivity (Wildman–Crippen MR) is 237 cm³/mol. The molecule has 260 valence electrons. The van der Waals surface area contributed by atoms with Crippen LogP contribution < -0.4 is 0 Å². The highest BCUT2D eigenvalue weighted by atomic mass is 16.3. The standard InChI is InChI=1S/C54H33NO/c1-2-16-39(17-3-1)55-49-24-11-10-19-41(49)47-32-36(26-29-50(47)55)35-14-12-15-37(31-35)52-42-20-6-8-22-44(42)53(45-23-9-7-21-43(45)52)38-27-30-51-48(33-38)46-28-25-34-13-4-5-18-40(34)54(46)56-51/h1-33H. The summed E-state index contributed by atoms with van der Waals surface area (Å²) in [6, 6.07) is 72.8. The van der Waals surface area contributed by atoms with E-state index >= 15 is 0 Å². The van der Waals surface area contributed by atoms with Crippen molar-refractivity contribution in [1.29, 1.82) is 0 Å². The molecule has 0 bridgehead atoms. The summed E-state index contributed by atoms with van der Waals surface area (Å²) in [5.41, 5.74) is 12.7. The van der Waals surface area contributed by atoms with Crippen molar-refractivity contribution in [3.05, 3.63) is 200 Å². The molecule has 0 saturated carbocycles. The predicted octanol–water partition coefficient (Wildman–Crippen LogP) is 15.1. The third-order valence-corrected chi connectivity index (χ3v) is 11.8. The van der Waals surface area contributed by atoms with Crippen LogP contribution in [0.15, 0.2) is 205 Å². The molecule has 0 aliphatic heterocycles. The van der Waals surface area contributed by atoms with E-state index in [1.54, 1.807) is 0 Å². The Balaban J connectivity index is 1.05. The number of aromatic nitrogens is 1. The van der Waals surface area contributed by atoms with Crippen LogP contribution in [0.3, 0.4) is 0 Å². The molecule has 0 radical (unpaired) electrons. The highest BCUT2D eigenvalue weighted by molar-refractivity contribution is 6.23. The third kappa shape index (κ3) is 4.57. The molecule has 12 rings (SSSR count). The first kappa shape index (κ1) is 31.0. The molecule has 56 heavy (non-hydrogen) atoms. The highest BCUT2D eigenvalue weighted by Gasteiger charge is 2.19. The maximum atomic E-state index is 6.52. The van der Waals surface area contributed by atoms with Gasteiger partial charge in [0, 0.05) is 32.6 Å². The lowest BCUT2D eigenvalue weighted by Gasteiger charge is -2.18. The van der Waals surface area contributed by atoms with E-state index in [0.717, 1.165) is 27.3 Å². The second kappa shape index (κ2) is 12.0. The van der Waals surface area contributed by atoms with Crippen LogP contribution in [-0.4, -0.2) is 4.57 Å². The van der Waals surface area contributed by atoms with Gasteiger partial charge in [0.15, 0.2) is 0 Å². The fourth-order valence-corrected chi connectivity index (χ4v) is 9.27. The lowest BCUT2D eigenvalue weighted by atomic mass is 9.85. The molecule has 0 aliphatic carbocycles. The molecule has 10 aromatic carbocycles. The van der Waals surface area contributed by atoms with E-state index in [1.165, 1.54) is 87.8 Å².